The highest BCUT2D eigenvalue weighted by molar-refractivity contribution is 5.98. The van der Waals surface area contributed by atoms with Crippen LogP contribution in [0.15, 0.2) is 42.5 Å². The van der Waals surface area contributed by atoms with Gasteiger partial charge in [0.2, 0.25) is 0 Å². The van der Waals surface area contributed by atoms with E-state index in [2.05, 4.69) is 5.32 Å². The SMILES string of the molecule is COc1ccc(CC(C)(C)NC(=O)c2cc(C(=O)O)cc([N+](=O)[O-])c2)cc1. The van der Waals surface area contributed by atoms with Crippen molar-refractivity contribution in [3.8, 4) is 5.75 Å². The van der Waals surface area contributed by atoms with Gasteiger partial charge in [-0.2, -0.15) is 0 Å². The smallest absolute Gasteiger partial charge is 0.335 e. The predicted octanol–water partition coefficient (Wildman–Crippen LogP) is 3.05. The van der Waals surface area contributed by atoms with Crippen LogP contribution >= 0.6 is 0 Å². The maximum absolute atomic E-state index is 12.6. The van der Waals surface area contributed by atoms with Gasteiger partial charge in [0.1, 0.15) is 5.75 Å². The van der Waals surface area contributed by atoms with Gasteiger partial charge in [0, 0.05) is 23.2 Å². The summed E-state index contributed by atoms with van der Waals surface area (Å²) in [4.78, 5) is 34.0. The highest BCUT2D eigenvalue weighted by atomic mass is 16.6. The largest absolute Gasteiger partial charge is 0.497 e. The molecular weight excluding hydrogens is 352 g/mol. The lowest BCUT2D eigenvalue weighted by Crippen LogP contribution is -2.45. The molecule has 0 fully saturated rings. The number of carbonyl (C=O) groups excluding carboxylic acids is 1. The van der Waals surface area contributed by atoms with Crippen LogP contribution in [0.2, 0.25) is 0 Å². The first-order valence-electron chi connectivity index (χ1n) is 8.09. The quantitative estimate of drug-likeness (QED) is 0.569. The molecule has 0 bridgehead atoms. The van der Waals surface area contributed by atoms with Gasteiger partial charge in [0.05, 0.1) is 17.6 Å². The molecule has 0 aliphatic rings. The van der Waals surface area contributed by atoms with Gasteiger partial charge in [-0.3, -0.25) is 14.9 Å². The zero-order chi connectivity index (χ0) is 20.2. The average Bonchev–Trinajstić information content (AvgIpc) is 2.61. The number of amides is 1. The third kappa shape index (κ3) is 5.27. The van der Waals surface area contributed by atoms with Crippen LogP contribution in [-0.4, -0.2) is 34.6 Å². The fourth-order valence-corrected chi connectivity index (χ4v) is 2.65. The number of carboxylic acids is 1. The minimum atomic E-state index is -1.34. The Morgan fingerprint density at radius 2 is 1.74 bits per heavy atom. The van der Waals surface area contributed by atoms with Crippen molar-refractivity contribution >= 4 is 17.6 Å². The number of aromatic carboxylic acids is 1. The minimum Gasteiger partial charge on any atom is -0.497 e. The van der Waals surface area contributed by atoms with Gasteiger partial charge < -0.3 is 15.2 Å². The van der Waals surface area contributed by atoms with E-state index in [9.17, 15) is 19.7 Å². The van der Waals surface area contributed by atoms with E-state index in [1.807, 2.05) is 38.1 Å². The van der Waals surface area contributed by atoms with Crippen LogP contribution in [0.3, 0.4) is 0 Å². The fourth-order valence-electron chi connectivity index (χ4n) is 2.65. The van der Waals surface area contributed by atoms with Gasteiger partial charge in [0.15, 0.2) is 0 Å². The topological polar surface area (TPSA) is 119 Å². The number of nitro groups is 1. The first-order valence-corrected chi connectivity index (χ1v) is 8.09. The molecule has 0 aliphatic heterocycles. The number of methoxy groups -OCH3 is 1. The fraction of sp³-hybridized carbons (Fsp3) is 0.263. The molecular formula is C19H20N2O6. The number of hydrogen-bond acceptors (Lipinski definition) is 5. The molecule has 27 heavy (non-hydrogen) atoms. The molecule has 2 aromatic carbocycles. The Hall–Kier alpha value is -3.42. The number of non-ortho nitro benzene ring substituents is 1. The molecule has 142 valence electrons. The van der Waals surface area contributed by atoms with Gasteiger partial charge in [-0.15, -0.1) is 0 Å². The minimum absolute atomic E-state index is 0.0793. The van der Waals surface area contributed by atoms with E-state index in [1.165, 1.54) is 0 Å². The Labute approximate surface area is 155 Å². The summed E-state index contributed by atoms with van der Waals surface area (Å²) in [6.45, 7) is 3.62. The normalized spacial score (nSPS) is 10.9. The van der Waals surface area contributed by atoms with Gasteiger partial charge in [-0.25, -0.2) is 4.79 Å². The van der Waals surface area contributed by atoms with E-state index in [4.69, 9.17) is 9.84 Å². The lowest BCUT2D eigenvalue weighted by Gasteiger charge is -2.26. The Morgan fingerprint density at radius 3 is 2.26 bits per heavy atom. The van der Waals surface area contributed by atoms with Crippen molar-refractivity contribution in [2.24, 2.45) is 0 Å². The van der Waals surface area contributed by atoms with Crippen molar-refractivity contribution in [3.63, 3.8) is 0 Å². The summed E-state index contributed by atoms with van der Waals surface area (Å²) >= 11 is 0. The second-order valence-electron chi connectivity index (χ2n) is 6.69. The molecule has 0 heterocycles. The third-order valence-corrected chi connectivity index (χ3v) is 3.89. The second-order valence-corrected chi connectivity index (χ2v) is 6.69. The van der Waals surface area contributed by atoms with Crippen LogP contribution in [0.25, 0.3) is 0 Å². The molecule has 0 aromatic heterocycles. The molecule has 0 radical (unpaired) electrons. The standard InChI is InChI=1S/C19H20N2O6/c1-19(2,11-12-4-6-16(27-3)7-5-12)20-17(22)13-8-14(18(23)24)10-15(9-13)21(25)26/h4-10H,11H2,1-3H3,(H,20,22)(H,23,24). The molecule has 0 unspecified atom stereocenters. The van der Waals surface area contributed by atoms with Crippen molar-refractivity contribution in [1.82, 2.24) is 5.32 Å². The van der Waals surface area contributed by atoms with Crippen molar-refractivity contribution in [2.45, 2.75) is 25.8 Å². The lowest BCUT2D eigenvalue weighted by molar-refractivity contribution is -0.384. The van der Waals surface area contributed by atoms with Crippen molar-refractivity contribution in [2.75, 3.05) is 7.11 Å². The molecule has 8 heteroatoms. The van der Waals surface area contributed by atoms with E-state index in [0.29, 0.717) is 6.42 Å². The number of nitrogens with one attached hydrogen (secondary N) is 1. The van der Waals surface area contributed by atoms with E-state index in [1.54, 1.807) is 7.11 Å². The molecule has 2 rings (SSSR count). The van der Waals surface area contributed by atoms with Crippen LogP contribution in [-0.2, 0) is 6.42 Å². The second kappa shape index (κ2) is 7.86. The van der Waals surface area contributed by atoms with E-state index in [0.717, 1.165) is 29.5 Å². The molecule has 8 nitrogen and oxygen atoms in total. The van der Waals surface area contributed by atoms with E-state index in [-0.39, 0.29) is 11.1 Å². The number of benzene rings is 2. The van der Waals surface area contributed by atoms with Gasteiger partial charge >= 0.3 is 5.97 Å². The Morgan fingerprint density at radius 1 is 1.15 bits per heavy atom. The third-order valence-electron chi connectivity index (χ3n) is 3.89. The Balaban J connectivity index is 2.21. The first kappa shape index (κ1) is 19.9. The molecule has 0 aliphatic carbocycles. The summed E-state index contributed by atoms with van der Waals surface area (Å²) in [7, 11) is 1.57. The predicted molar refractivity (Wildman–Crippen MR) is 98.3 cm³/mol. The van der Waals surface area contributed by atoms with Gasteiger partial charge in [-0.05, 0) is 44.0 Å². The maximum atomic E-state index is 12.6. The van der Waals surface area contributed by atoms with E-state index >= 15 is 0 Å². The van der Waals surface area contributed by atoms with Crippen LogP contribution in [0.1, 0.15) is 40.1 Å². The molecule has 2 aromatic rings. The number of rotatable bonds is 7. The Bertz CT molecular complexity index is 842. The van der Waals surface area contributed by atoms with Crippen molar-refractivity contribution < 1.29 is 24.4 Å². The number of hydrogen-bond donors (Lipinski definition) is 2. The number of ether oxygens (including phenoxy) is 1. The Kier molecular flexibility index (Phi) is 5.79. The summed E-state index contributed by atoms with van der Waals surface area (Å²) in [5.41, 5.74) is -0.550. The highest BCUT2D eigenvalue weighted by Crippen LogP contribution is 2.20. The highest BCUT2D eigenvalue weighted by Gasteiger charge is 2.24. The zero-order valence-electron chi connectivity index (χ0n) is 15.2. The molecule has 1 amide bonds. The van der Waals surface area contributed by atoms with Gasteiger partial charge in [0.25, 0.3) is 11.6 Å². The first-order chi connectivity index (χ1) is 12.6. The number of carbonyl (C=O) groups is 2. The van der Waals surface area contributed by atoms with Gasteiger partial charge in [-0.1, -0.05) is 12.1 Å². The van der Waals surface area contributed by atoms with Crippen LogP contribution in [0, 0.1) is 10.1 Å². The summed E-state index contributed by atoms with van der Waals surface area (Å²) in [6, 6.07) is 10.5. The molecule has 0 atom stereocenters. The van der Waals surface area contributed by atoms with Crippen LogP contribution in [0.5, 0.6) is 5.75 Å². The van der Waals surface area contributed by atoms with Crippen LogP contribution < -0.4 is 10.1 Å². The zero-order valence-corrected chi connectivity index (χ0v) is 15.2. The van der Waals surface area contributed by atoms with Crippen molar-refractivity contribution in [3.05, 3.63) is 69.3 Å². The summed E-state index contributed by atoms with van der Waals surface area (Å²) in [6.07, 6.45) is 0.503. The number of nitrogens with zero attached hydrogens (tertiary/aromatic N) is 1. The molecule has 0 saturated heterocycles. The molecule has 2 N–H and O–H groups in total. The summed E-state index contributed by atoms with van der Waals surface area (Å²) in [5.74, 6) is -1.21. The van der Waals surface area contributed by atoms with Crippen LogP contribution in [0.4, 0.5) is 5.69 Å². The summed E-state index contributed by atoms with van der Waals surface area (Å²) in [5, 5.41) is 22.9. The van der Waals surface area contributed by atoms with E-state index < -0.39 is 28.0 Å². The lowest BCUT2D eigenvalue weighted by atomic mass is 9.94. The molecule has 0 spiro atoms. The number of nitro benzene ring substituents is 1. The monoisotopic (exact) mass is 372 g/mol. The molecule has 0 saturated carbocycles. The maximum Gasteiger partial charge on any atom is 0.335 e. The number of carboxylic acid groups (broad SMARTS) is 1. The summed E-state index contributed by atoms with van der Waals surface area (Å²) < 4.78 is 5.11. The average molecular weight is 372 g/mol. The van der Waals surface area contributed by atoms with Crippen molar-refractivity contribution in [1.29, 1.82) is 0 Å².